The first kappa shape index (κ1) is 36.3. The average molecular weight is 695 g/mol. The van der Waals surface area contributed by atoms with E-state index < -0.39 is 0 Å². The van der Waals surface area contributed by atoms with Crippen molar-refractivity contribution in [1.29, 1.82) is 0 Å². The standard InChI is InChI=1S/C40H54N8O3/c1-7-13-31(51-10-4)26-48-38-32(37(45-48)39(49)43-35-27(8-2)14-11-15-28(35)9-3)17-12-16-29-25-41-40(44-36(29)38)42-33-19-18-30(24-34(33)50-6)47-22-20-46(5)21-23-47/h11,14-15,18-19,24-25,31H,7-10,12-13,16-17,20-23,26H2,1-6H3,(H,43,49)(H,41,42,44). The summed E-state index contributed by atoms with van der Waals surface area (Å²) in [5, 5.41) is 11.8. The van der Waals surface area contributed by atoms with Crippen LogP contribution in [0.1, 0.15) is 79.7 Å². The zero-order valence-electron chi connectivity index (χ0n) is 31.2. The number of aromatic nitrogens is 4. The second kappa shape index (κ2) is 16.7. The van der Waals surface area contributed by atoms with Crippen molar-refractivity contribution < 1.29 is 14.3 Å². The molecule has 1 unspecified atom stereocenters. The molecular formula is C40H54N8O3. The third-order valence-electron chi connectivity index (χ3n) is 10.2. The van der Waals surface area contributed by atoms with Gasteiger partial charge in [-0.15, -0.1) is 0 Å². The number of nitrogens with zero attached hydrogens (tertiary/aromatic N) is 6. The van der Waals surface area contributed by atoms with E-state index in [9.17, 15) is 4.79 Å². The fourth-order valence-electron chi connectivity index (χ4n) is 7.34. The van der Waals surface area contributed by atoms with Gasteiger partial charge >= 0.3 is 0 Å². The molecule has 1 fully saturated rings. The van der Waals surface area contributed by atoms with Gasteiger partial charge in [0, 0.05) is 62.0 Å². The van der Waals surface area contributed by atoms with Crippen LogP contribution in [0.5, 0.6) is 5.75 Å². The molecule has 1 amide bonds. The molecule has 3 heterocycles. The molecule has 11 heteroatoms. The first-order valence-corrected chi connectivity index (χ1v) is 18.7. The van der Waals surface area contributed by atoms with Gasteiger partial charge in [0.2, 0.25) is 5.95 Å². The fraction of sp³-hybridized carbons (Fsp3) is 0.500. The molecule has 4 aromatic rings. The van der Waals surface area contributed by atoms with Gasteiger partial charge in [-0.2, -0.15) is 5.10 Å². The normalized spacial score (nSPS) is 15.1. The molecule has 2 aromatic heterocycles. The van der Waals surface area contributed by atoms with Crippen LogP contribution in [-0.4, -0.2) is 83.6 Å². The highest BCUT2D eigenvalue weighted by molar-refractivity contribution is 6.05. The lowest BCUT2D eigenvalue weighted by molar-refractivity contribution is 0.0418. The van der Waals surface area contributed by atoms with Crippen LogP contribution < -0.4 is 20.3 Å². The lowest BCUT2D eigenvalue weighted by Gasteiger charge is -2.34. The SMILES string of the molecule is CCCC(Cn1nc(C(=O)Nc2c(CC)cccc2CC)c2c1-c1nc(Nc3ccc(N4CCN(C)CC4)cc3OC)ncc1CCC2)OCC. The van der Waals surface area contributed by atoms with Gasteiger partial charge in [-0.3, -0.25) is 9.48 Å². The Morgan fingerprint density at radius 3 is 2.45 bits per heavy atom. The minimum atomic E-state index is -0.190. The van der Waals surface area contributed by atoms with Crippen molar-refractivity contribution in [2.24, 2.45) is 0 Å². The molecule has 0 saturated carbocycles. The second-order valence-corrected chi connectivity index (χ2v) is 13.6. The minimum absolute atomic E-state index is 0.0402. The summed E-state index contributed by atoms with van der Waals surface area (Å²) >= 11 is 0. The first-order valence-electron chi connectivity index (χ1n) is 18.7. The van der Waals surface area contributed by atoms with Gasteiger partial charge in [0.05, 0.1) is 36.8 Å². The summed E-state index contributed by atoms with van der Waals surface area (Å²) in [6.45, 7) is 13.6. The van der Waals surface area contributed by atoms with Crippen LogP contribution in [0.3, 0.4) is 0 Å². The number of piperazine rings is 1. The molecule has 2 aliphatic rings. The number of likely N-dealkylation sites (N-methyl/N-ethyl adjacent to an activating group) is 1. The maximum atomic E-state index is 14.3. The Morgan fingerprint density at radius 1 is 1.00 bits per heavy atom. The topological polar surface area (TPSA) is 110 Å². The van der Waals surface area contributed by atoms with Gasteiger partial charge in [0.1, 0.15) is 5.75 Å². The van der Waals surface area contributed by atoms with Crippen molar-refractivity contribution in [3.8, 4) is 17.1 Å². The van der Waals surface area contributed by atoms with Gasteiger partial charge in [0.15, 0.2) is 5.69 Å². The molecule has 0 bridgehead atoms. The Balaban J connectivity index is 1.38. The molecule has 1 saturated heterocycles. The lowest BCUT2D eigenvalue weighted by Crippen LogP contribution is -2.44. The van der Waals surface area contributed by atoms with E-state index in [1.54, 1.807) is 7.11 Å². The van der Waals surface area contributed by atoms with Gasteiger partial charge in [-0.25, -0.2) is 9.97 Å². The monoisotopic (exact) mass is 694 g/mol. The number of nitrogens with one attached hydrogen (secondary N) is 2. The van der Waals surface area contributed by atoms with E-state index in [4.69, 9.17) is 24.5 Å². The van der Waals surface area contributed by atoms with Crippen LogP contribution in [0.4, 0.5) is 23.0 Å². The summed E-state index contributed by atoms with van der Waals surface area (Å²) in [6, 6.07) is 12.5. The number of amides is 1. The molecule has 11 nitrogen and oxygen atoms in total. The predicted molar refractivity (Wildman–Crippen MR) is 205 cm³/mol. The average Bonchev–Trinajstić information content (AvgIpc) is 3.39. The summed E-state index contributed by atoms with van der Waals surface area (Å²) in [5.74, 6) is 1.00. The molecule has 2 aromatic carbocycles. The van der Waals surface area contributed by atoms with Gasteiger partial charge in [-0.05, 0) is 81.3 Å². The highest BCUT2D eigenvalue weighted by atomic mass is 16.5. The Hall–Kier alpha value is -4.48. The van der Waals surface area contributed by atoms with E-state index in [-0.39, 0.29) is 12.0 Å². The molecule has 0 radical (unpaired) electrons. The number of ether oxygens (including phenoxy) is 2. The Bertz CT molecular complexity index is 1790. The molecule has 0 spiro atoms. The van der Waals surface area contributed by atoms with Gasteiger partial charge in [-0.1, -0.05) is 45.4 Å². The van der Waals surface area contributed by atoms with E-state index >= 15 is 0 Å². The van der Waals surface area contributed by atoms with E-state index in [0.29, 0.717) is 31.2 Å². The molecule has 272 valence electrons. The number of benzene rings is 2. The van der Waals surface area contributed by atoms with Crippen LogP contribution >= 0.6 is 0 Å². The number of rotatable bonds is 14. The number of hydrogen-bond donors (Lipinski definition) is 2. The highest BCUT2D eigenvalue weighted by Gasteiger charge is 2.30. The predicted octanol–water partition coefficient (Wildman–Crippen LogP) is 6.92. The van der Waals surface area contributed by atoms with E-state index in [0.717, 1.165) is 121 Å². The van der Waals surface area contributed by atoms with Crippen molar-refractivity contribution in [1.82, 2.24) is 24.6 Å². The number of fused-ring (bicyclic) bond motifs is 3. The zero-order valence-corrected chi connectivity index (χ0v) is 31.2. The first-order chi connectivity index (χ1) is 24.9. The number of carbonyl (C=O) groups excluding carboxylic acids is 1. The molecule has 51 heavy (non-hydrogen) atoms. The minimum Gasteiger partial charge on any atom is -0.494 e. The third-order valence-corrected chi connectivity index (χ3v) is 10.2. The summed E-state index contributed by atoms with van der Waals surface area (Å²) in [7, 11) is 3.85. The van der Waals surface area contributed by atoms with Crippen molar-refractivity contribution in [2.45, 2.75) is 85.3 Å². The van der Waals surface area contributed by atoms with Gasteiger partial charge < -0.3 is 29.9 Å². The Morgan fingerprint density at radius 2 is 1.76 bits per heavy atom. The van der Waals surface area contributed by atoms with Crippen molar-refractivity contribution >= 4 is 28.9 Å². The van der Waals surface area contributed by atoms with Crippen LogP contribution in [0, 0.1) is 0 Å². The second-order valence-electron chi connectivity index (χ2n) is 13.6. The summed E-state index contributed by atoms with van der Waals surface area (Å²) in [5.41, 5.74) is 9.14. The number of hydrogen-bond acceptors (Lipinski definition) is 9. The number of para-hydroxylation sites is 1. The summed E-state index contributed by atoms with van der Waals surface area (Å²) in [6.07, 6.45) is 7.77. The van der Waals surface area contributed by atoms with Gasteiger partial charge in [0.25, 0.3) is 5.91 Å². The number of anilines is 4. The molecule has 6 rings (SSSR count). The van der Waals surface area contributed by atoms with Crippen molar-refractivity contribution in [3.05, 3.63) is 70.5 Å². The Kier molecular flexibility index (Phi) is 11.9. The van der Waals surface area contributed by atoms with Crippen LogP contribution in [0.15, 0.2) is 42.6 Å². The Labute approximate surface area is 302 Å². The van der Waals surface area contributed by atoms with E-state index in [1.165, 1.54) is 0 Å². The lowest BCUT2D eigenvalue weighted by atomic mass is 10.0. The number of methoxy groups -OCH3 is 1. The van der Waals surface area contributed by atoms with Crippen molar-refractivity contribution in [2.75, 3.05) is 62.5 Å². The molecular weight excluding hydrogens is 640 g/mol. The summed E-state index contributed by atoms with van der Waals surface area (Å²) in [4.78, 5) is 28.9. The largest absolute Gasteiger partial charge is 0.494 e. The maximum Gasteiger partial charge on any atom is 0.276 e. The van der Waals surface area contributed by atoms with E-state index in [1.807, 2.05) is 23.9 Å². The van der Waals surface area contributed by atoms with Crippen LogP contribution in [0.25, 0.3) is 11.4 Å². The van der Waals surface area contributed by atoms with Crippen molar-refractivity contribution in [3.63, 3.8) is 0 Å². The zero-order chi connectivity index (χ0) is 35.9. The quantitative estimate of drug-likeness (QED) is 0.146. The fourth-order valence-corrected chi connectivity index (χ4v) is 7.34. The highest BCUT2D eigenvalue weighted by Crippen LogP contribution is 2.37. The van der Waals surface area contributed by atoms with Crippen LogP contribution in [0.2, 0.25) is 0 Å². The summed E-state index contributed by atoms with van der Waals surface area (Å²) < 4.78 is 14.0. The smallest absolute Gasteiger partial charge is 0.276 e. The molecule has 1 aliphatic heterocycles. The van der Waals surface area contributed by atoms with E-state index in [2.05, 4.69) is 78.6 Å². The molecule has 1 aliphatic carbocycles. The molecule has 2 N–H and O–H groups in total. The van der Waals surface area contributed by atoms with Crippen LogP contribution in [-0.2, 0) is 37.0 Å². The number of carbonyl (C=O) groups is 1. The third kappa shape index (κ3) is 8.05. The maximum absolute atomic E-state index is 14.3. The number of aryl methyl sites for hydroxylation is 3. The molecule has 1 atom stereocenters.